The van der Waals surface area contributed by atoms with Crippen LogP contribution in [-0.4, -0.2) is 13.4 Å². The lowest BCUT2D eigenvalue weighted by molar-refractivity contribution is 1.08. The Bertz CT molecular complexity index is 556. The summed E-state index contributed by atoms with van der Waals surface area (Å²) in [7, 11) is -1.10. The maximum absolute atomic E-state index is 4.49. The summed E-state index contributed by atoms with van der Waals surface area (Å²) in [4.78, 5) is 5.86. The van der Waals surface area contributed by atoms with Crippen molar-refractivity contribution in [3.63, 3.8) is 0 Å². The van der Waals surface area contributed by atoms with Gasteiger partial charge in [0.15, 0.2) is 0 Å². The van der Waals surface area contributed by atoms with E-state index < -0.39 is 7.22 Å². The molecule has 0 saturated carbocycles. The van der Waals surface area contributed by atoms with Crippen LogP contribution in [0.5, 0.6) is 0 Å². The van der Waals surface area contributed by atoms with E-state index in [1.807, 2.05) is 35.6 Å². The molecule has 0 N–H and O–H groups in total. The maximum atomic E-state index is 4.49. The predicted octanol–water partition coefficient (Wildman–Crippen LogP) is 5.23. The number of hydrogen-bond acceptors (Lipinski definition) is 2. The van der Waals surface area contributed by atoms with Crippen LogP contribution >= 0.6 is 11.2 Å². The van der Waals surface area contributed by atoms with Gasteiger partial charge in [-0.05, 0) is 23.3 Å². The van der Waals surface area contributed by atoms with E-state index in [4.69, 9.17) is 0 Å². The van der Waals surface area contributed by atoms with Gasteiger partial charge in [-0.3, -0.25) is 4.99 Å². The molecule has 0 amide bonds. The Morgan fingerprint density at radius 3 is 2.20 bits per heavy atom. The van der Waals surface area contributed by atoms with Crippen LogP contribution in [0.1, 0.15) is 11.1 Å². The van der Waals surface area contributed by atoms with Gasteiger partial charge in [-0.25, -0.2) is 0 Å². The summed E-state index contributed by atoms with van der Waals surface area (Å²) in [6.07, 6.45) is 1.95. The molecule has 0 unspecified atom stereocenters. The van der Waals surface area contributed by atoms with Crippen molar-refractivity contribution < 1.29 is 0 Å². The fourth-order valence-electron chi connectivity index (χ4n) is 1.82. The molecule has 0 aliphatic rings. The lowest BCUT2D eigenvalue weighted by Gasteiger charge is -2.14. The highest BCUT2D eigenvalue weighted by atomic mass is 32.4. The molecule has 0 fully saturated rings. The molecule has 0 atom stereocenters. The van der Waals surface area contributed by atoms with E-state index >= 15 is 0 Å². The second-order valence-electron chi connectivity index (χ2n) is 5.74. The van der Waals surface area contributed by atoms with Crippen LogP contribution in [0.25, 0.3) is 0 Å². The van der Waals surface area contributed by atoms with E-state index in [9.17, 15) is 0 Å². The molecule has 2 rings (SSSR count). The molecule has 2 aromatic carbocycles. The Hall–Kier alpha value is -1.32. The van der Waals surface area contributed by atoms with E-state index in [0.717, 1.165) is 6.54 Å². The first kappa shape index (κ1) is 15.1. The van der Waals surface area contributed by atoms with Crippen molar-refractivity contribution in [2.45, 2.75) is 31.1 Å². The van der Waals surface area contributed by atoms with Crippen LogP contribution in [-0.2, 0) is 6.54 Å². The maximum Gasteiger partial charge on any atom is 0.114 e. The molecule has 3 heteroatoms. The number of nitrogens with zero attached hydrogens (tertiary/aromatic N) is 1. The molecule has 0 aliphatic heterocycles. The van der Waals surface area contributed by atoms with Gasteiger partial charge in [-0.2, -0.15) is 11.2 Å². The molecule has 20 heavy (non-hydrogen) atoms. The van der Waals surface area contributed by atoms with Gasteiger partial charge in [0.25, 0.3) is 0 Å². The number of hydrogen-bond donors (Lipinski definition) is 0. The van der Waals surface area contributed by atoms with Crippen molar-refractivity contribution >= 4 is 24.6 Å². The van der Waals surface area contributed by atoms with Gasteiger partial charge in [0.1, 0.15) is 7.22 Å². The monoisotopic (exact) mass is 299 g/mol. The Kier molecular flexibility index (Phi) is 5.21. The Labute approximate surface area is 126 Å². The predicted molar refractivity (Wildman–Crippen MR) is 93.4 cm³/mol. The first-order valence-corrected chi connectivity index (χ1v) is 11.9. The Balaban J connectivity index is 1.94. The van der Waals surface area contributed by atoms with Crippen molar-refractivity contribution in [1.82, 2.24) is 0 Å². The highest BCUT2D eigenvalue weighted by Gasteiger charge is 2.14. The molecule has 0 saturated heterocycles. The zero-order valence-electron chi connectivity index (χ0n) is 12.3. The Morgan fingerprint density at radius 2 is 1.60 bits per heavy atom. The van der Waals surface area contributed by atoms with Crippen molar-refractivity contribution in [3.05, 3.63) is 65.7 Å². The minimum atomic E-state index is -1.10. The summed E-state index contributed by atoms with van der Waals surface area (Å²) >= 11 is 2.02. The molecule has 1 nitrogen and oxygen atoms in total. The molecule has 2 aromatic rings. The molecule has 0 bridgehead atoms. The van der Waals surface area contributed by atoms with Crippen molar-refractivity contribution in [2.24, 2.45) is 4.99 Å². The van der Waals surface area contributed by atoms with Gasteiger partial charge >= 0.3 is 0 Å². The number of rotatable bonds is 5. The summed E-state index contributed by atoms with van der Waals surface area (Å²) in [6, 6.07) is 19.0. The average molecular weight is 300 g/mol. The molecule has 0 radical (unpaired) electrons. The molecular weight excluding hydrogens is 278 g/mol. The van der Waals surface area contributed by atoms with Gasteiger partial charge in [-0.1, -0.05) is 62.1 Å². The van der Waals surface area contributed by atoms with Gasteiger partial charge in [0.05, 0.1) is 6.54 Å². The fourth-order valence-corrected chi connectivity index (χ4v) is 5.32. The molecule has 0 aromatic heterocycles. The normalized spacial score (nSPS) is 11.9. The van der Waals surface area contributed by atoms with Crippen LogP contribution in [0.2, 0.25) is 19.6 Å². The standard InChI is InChI=1S/C17H21NSSi/c1-20(2,3)19-17-11-9-16(10-12-17)14-18-13-15-7-5-4-6-8-15/h4-12,14H,13H2,1-3H3/b18-14-. The Morgan fingerprint density at radius 1 is 0.950 bits per heavy atom. The molecule has 104 valence electrons. The van der Waals surface area contributed by atoms with Gasteiger partial charge in [0, 0.05) is 11.1 Å². The zero-order valence-corrected chi connectivity index (χ0v) is 14.2. The van der Waals surface area contributed by atoms with Crippen LogP contribution in [0.4, 0.5) is 0 Å². The molecular formula is C17H21NSSi. The second-order valence-corrected chi connectivity index (χ2v) is 14.9. The lowest BCUT2D eigenvalue weighted by Crippen LogP contribution is -2.13. The van der Waals surface area contributed by atoms with E-state index in [2.05, 4.69) is 61.0 Å². The molecule has 0 spiro atoms. The van der Waals surface area contributed by atoms with E-state index in [1.54, 1.807) is 0 Å². The van der Waals surface area contributed by atoms with Crippen LogP contribution in [0, 0.1) is 0 Å². The number of aliphatic imine (C=N–C) groups is 1. The van der Waals surface area contributed by atoms with E-state index in [0.29, 0.717) is 0 Å². The van der Waals surface area contributed by atoms with Crippen LogP contribution in [0.15, 0.2) is 64.5 Å². The van der Waals surface area contributed by atoms with E-state index in [1.165, 1.54) is 16.0 Å². The van der Waals surface area contributed by atoms with Crippen molar-refractivity contribution in [1.29, 1.82) is 0 Å². The third kappa shape index (κ3) is 5.35. The van der Waals surface area contributed by atoms with Crippen molar-refractivity contribution in [2.75, 3.05) is 0 Å². The minimum Gasteiger partial charge on any atom is -0.288 e. The zero-order chi connectivity index (χ0) is 14.4. The summed E-state index contributed by atoms with van der Waals surface area (Å²) in [5.41, 5.74) is 2.41. The van der Waals surface area contributed by atoms with Crippen LogP contribution < -0.4 is 0 Å². The highest BCUT2D eigenvalue weighted by molar-refractivity contribution is 8.28. The van der Waals surface area contributed by atoms with Gasteiger partial charge in [-0.15, -0.1) is 0 Å². The minimum absolute atomic E-state index is 0.742. The second kappa shape index (κ2) is 6.91. The molecule has 0 aliphatic carbocycles. The summed E-state index contributed by atoms with van der Waals surface area (Å²) in [6.45, 7) is 7.85. The third-order valence-electron chi connectivity index (χ3n) is 2.66. The summed E-state index contributed by atoms with van der Waals surface area (Å²) in [5.74, 6) is 0. The summed E-state index contributed by atoms with van der Waals surface area (Å²) in [5, 5.41) is 0. The van der Waals surface area contributed by atoms with Gasteiger partial charge in [0.2, 0.25) is 0 Å². The SMILES string of the molecule is C[Si](C)(C)Sc1ccc(/C=N\Cc2ccccc2)cc1. The first-order chi connectivity index (χ1) is 9.53. The molecule has 0 heterocycles. The highest BCUT2D eigenvalue weighted by Crippen LogP contribution is 2.28. The van der Waals surface area contributed by atoms with E-state index in [-0.39, 0.29) is 0 Å². The fraction of sp³-hybridized carbons (Fsp3) is 0.235. The lowest BCUT2D eigenvalue weighted by atomic mass is 10.2. The quantitative estimate of drug-likeness (QED) is 0.544. The topological polar surface area (TPSA) is 12.4 Å². The third-order valence-corrected chi connectivity index (χ3v) is 6.33. The smallest absolute Gasteiger partial charge is 0.114 e. The van der Waals surface area contributed by atoms with Crippen LogP contribution in [0.3, 0.4) is 0 Å². The average Bonchev–Trinajstić information content (AvgIpc) is 2.40. The first-order valence-electron chi connectivity index (χ1n) is 6.86. The van der Waals surface area contributed by atoms with Gasteiger partial charge < -0.3 is 0 Å². The summed E-state index contributed by atoms with van der Waals surface area (Å²) < 4.78 is 0. The largest absolute Gasteiger partial charge is 0.288 e. The number of benzene rings is 2. The van der Waals surface area contributed by atoms with Crippen molar-refractivity contribution in [3.8, 4) is 0 Å².